The second kappa shape index (κ2) is 20.4. The Morgan fingerprint density at radius 1 is 1.17 bits per heavy atom. The molecular weight excluding hydrogens is 553 g/mol. The summed E-state index contributed by atoms with van der Waals surface area (Å²) in [4.78, 5) is 7.77. The van der Waals surface area contributed by atoms with E-state index < -0.39 is 5.95 Å². The number of halogens is 1. The number of anilines is 1. The van der Waals surface area contributed by atoms with Crippen LogP contribution in [0.3, 0.4) is 0 Å². The Bertz CT molecular complexity index is 1190. The van der Waals surface area contributed by atoms with Crippen molar-refractivity contribution >= 4 is 36.6 Å². The third kappa shape index (κ3) is 13.5. The number of aliphatic hydroxyl groups is 1. The molecular formula is C32H46FN5O3S. The highest BCUT2D eigenvalue weighted by Crippen LogP contribution is 2.36. The molecule has 5 N–H and O–H groups in total. The molecule has 0 aliphatic heterocycles. The molecule has 0 saturated heterocycles. The van der Waals surface area contributed by atoms with Crippen LogP contribution in [-0.2, 0) is 0 Å². The van der Waals surface area contributed by atoms with Gasteiger partial charge in [-0.2, -0.15) is 9.37 Å². The first-order valence-electron chi connectivity index (χ1n) is 13.9. The van der Waals surface area contributed by atoms with Crippen molar-refractivity contribution in [3.05, 3.63) is 84.3 Å². The second-order valence-electron chi connectivity index (χ2n) is 9.24. The number of nitrogens with zero attached hydrogens (tertiary/aromatic N) is 2. The summed E-state index contributed by atoms with van der Waals surface area (Å²) in [7, 11) is 1.66. The number of para-hydroxylation sites is 1. The van der Waals surface area contributed by atoms with Gasteiger partial charge in [0.25, 0.3) is 0 Å². The van der Waals surface area contributed by atoms with Crippen molar-refractivity contribution < 1.29 is 19.0 Å². The van der Waals surface area contributed by atoms with Crippen molar-refractivity contribution in [3.8, 4) is 11.6 Å². The fraction of sp³-hybridized carbons (Fsp3) is 0.375. The van der Waals surface area contributed by atoms with Gasteiger partial charge in [0, 0.05) is 35.6 Å². The predicted molar refractivity (Wildman–Crippen MR) is 176 cm³/mol. The number of aliphatic imine (C=N–C) groups is 1. The minimum absolute atomic E-state index is 0.165. The van der Waals surface area contributed by atoms with Crippen LogP contribution < -0.4 is 25.2 Å². The Kier molecular flexibility index (Phi) is 17.8. The molecule has 10 heteroatoms. The number of aliphatic hydroxyl groups excluding tert-OH is 1. The molecule has 1 fully saturated rings. The number of benzene rings is 2. The average molecular weight is 600 g/mol. The highest BCUT2D eigenvalue weighted by Gasteiger charge is 2.24. The van der Waals surface area contributed by atoms with Gasteiger partial charge in [0.2, 0.25) is 11.8 Å². The second-order valence-corrected chi connectivity index (χ2v) is 9.50. The van der Waals surface area contributed by atoms with Crippen LogP contribution in [0.1, 0.15) is 57.7 Å². The highest BCUT2D eigenvalue weighted by molar-refractivity contribution is 7.78. The van der Waals surface area contributed by atoms with Gasteiger partial charge >= 0.3 is 0 Å². The first kappa shape index (κ1) is 36.6. The van der Waals surface area contributed by atoms with Crippen molar-refractivity contribution in [2.75, 3.05) is 25.6 Å². The van der Waals surface area contributed by atoms with Gasteiger partial charge in [0.1, 0.15) is 11.4 Å². The summed E-state index contributed by atoms with van der Waals surface area (Å²) in [5.74, 6) is 0.948. The van der Waals surface area contributed by atoms with Crippen LogP contribution in [0, 0.1) is 11.9 Å². The number of ether oxygens (including phenoxy) is 2. The standard InChI is InChI=1S/C18H18FN3O.C9H13NOS.C3H9NO.C2H6/c1-12(21-14-6-4-3-5-7-14)15-10-16(19)22-18(17(15)20-2)23-11-13-8-9-13;1-7(10-12)8-3-5-9(11-2)6-4-8;1-3(5)2-4;1-2/h3-7,10,13,21H,1-2,8-9,11H2;3-7,10,12H,1-2H3;3,5H,2,4H2,1H3;1-2H3. The highest BCUT2D eigenvalue weighted by atomic mass is 32.1. The predicted octanol–water partition coefficient (Wildman–Crippen LogP) is 6.97. The number of hydrogen-bond donors (Lipinski definition) is 5. The number of thiol groups is 1. The first-order valence-corrected chi connectivity index (χ1v) is 14.4. The summed E-state index contributed by atoms with van der Waals surface area (Å²) in [6.45, 7) is 16.1. The number of nitrogens with two attached hydrogens (primary N) is 1. The van der Waals surface area contributed by atoms with E-state index in [4.69, 9.17) is 20.3 Å². The van der Waals surface area contributed by atoms with Gasteiger partial charge in [-0.15, -0.1) is 0 Å². The van der Waals surface area contributed by atoms with Gasteiger partial charge < -0.3 is 25.6 Å². The molecule has 0 spiro atoms. The molecule has 8 nitrogen and oxygen atoms in total. The van der Waals surface area contributed by atoms with E-state index in [1.54, 1.807) is 14.0 Å². The Labute approximate surface area is 255 Å². The van der Waals surface area contributed by atoms with Gasteiger partial charge in [0.05, 0.1) is 19.8 Å². The number of methoxy groups -OCH3 is 1. The SMILES string of the molecule is C=Nc1c(C(=C)Nc2ccccc2)cc(F)nc1OCC1CC1.CC.CC(O)CN.COc1ccc(C(C)NS)cc1. The summed E-state index contributed by atoms with van der Waals surface area (Å²) in [5.41, 5.74) is 8.37. The van der Waals surface area contributed by atoms with Crippen LogP contribution in [0.5, 0.6) is 11.6 Å². The average Bonchev–Trinajstić information content (AvgIpc) is 3.86. The van der Waals surface area contributed by atoms with Crippen LogP contribution in [0.15, 0.2) is 72.2 Å². The van der Waals surface area contributed by atoms with Crippen LogP contribution in [0.2, 0.25) is 0 Å². The number of aromatic nitrogens is 1. The first-order chi connectivity index (χ1) is 20.2. The van der Waals surface area contributed by atoms with Crippen molar-refractivity contribution in [2.45, 2.75) is 52.7 Å². The molecule has 1 aliphatic carbocycles. The van der Waals surface area contributed by atoms with E-state index >= 15 is 0 Å². The Hall–Kier alpha value is -3.44. The smallest absolute Gasteiger partial charge is 0.243 e. The van der Waals surface area contributed by atoms with E-state index in [1.165, 1.54) is 11.6 Å². The van der Waals surface area contributed by atoms with Crippen molar-refractivity contribution in [3.63, 3.8) is 0 Å². The zero-order valence-electron chi connectivity index (χ0n) is 25.3. The lowest BCUT2D eigenvalue weighted by atomic mass is 10.1. The number of pyridine rings is 1. The number of nitrogens with one attached hydrogen (secondary N) is 2. The topological polar surface area (TPSA) is 114 Å². The maximum absolute atomic E-state index is 13.9. The molecule has 4 rings (SSSR count). The molecule has 1 aromatic heterocycles. The van der Waals surface area contributed by atoms with Crippen LogP contribution in [0.25, 0.3) is 5.70 Å². The van der Waals surface area contributed by atoms with Gasteiger partial charge in [-0.25, -0.2) is 0 Å². The fourth-order valence-corrected chi connectivity index (χ4v) is 3.33. The lowest BCUT2D eigenvalue weighted by Crippen LogP contribution is -2.14. The summed E-state index contributed by atoms with van der Waals surface area (Å²) in [6, 6.07) is 19.0. The van der Waals surface area contributed by atoms with E-state index in [0.29, 0.717) is 36.0 Å². The van der Waals surface area contributed by atoms with Crippen LogP contribution in [0.4, 0.5) is 15.8 Å². The third-order valence-electron chi connectivity index (χ3n) is 5.78. The van der Waals surface area contributed by atoms with Crippen molar-refractivity contribution in [1.29, 1.82) is 0 Å². The molecule has 2 atom stereocenters. The maximum atomic E-state index is 13.9. The minimum atomic E-state index is -0.630. The molecule has 1 aliphatic rings. The van der Waals surface area contributed by atoms with Gasteiger partial charge in [-0.3, -0.25) is 9.71 Å². The van der Waals surface area contributed by atoms with Crippen molar-refractivity contribution in [1.82, 2.24) is 9.71 Å². The Morgan fingerprint density at radius 3 is 2.24 bits per heavy atom. The zero-order valence-corrected chi connectivity index (χ0v) is 26.2. The summed E-state index contributed by atoms with van der Waals surface area (Å²) in [5, 5.41) is 11.4. The fourth-order valence-electron chi connectivity index (χ4n) is 3.18. The summed E-state index contributed by atoms with van der Waals surface area (Å²) >= 11 is 3.99. The van der Waals surface area contributed by atoms with Crippen LogP contribution in [-0.4, -0.2) is 43.2 Å². The molecule has 1 saturated carbocycles. The minimum Gasteiger partial charge on any atom is -0.497 e. The number of rotatable bonds is 11. The molecule has 2 unspecified atom stereocenters. The molecule has 42 heavy (non-hydrogen) atoms. The monoisotopic (exact) mass is 599 g/mol. The molecule has 0 amide bonds. The quantitative estimate of drug-likeness (QED) is 0.0919. The van der Waals surface area contributed by atoms with Gasteiger partial charge in [-0.05, 0) is 69.2 Å². The largest absolute Gasteiger partial charge is 0.497 e. The molecule has 0 bridgehead atoms. The zero-order chi connectivity index (χ0) is 31.5. The normalized spacial score (nSPS) is 12.9. The molecule has 2 aromatic carbocycles. The molecule has 0 radical (unpaired) electrons. The van der Waals surface area contributed by atoms with Gasteiger partial charge in [-0.1, -0.05) is 63.6 Å². The maximum Gasteiger partial charge on any atom is 0.243 e. The van der Waals surface area contributed by atoms with E-state index in [-0.39, 0.29) is 18.0 Å². The van der Waals surface area contributed by atoms with Crippen LogP contribution >= 0.6 is 12.8 Å². The van der Waals surface area contributed by atoms with E-state index in [1.807, 2.05) is 68.4 Å². The van der Waals surface area contributed by atoms with Gasteiger partial charge in [0.15, 0.2) is 0 Å². The Morgan fingerprint density at radius 2 is 1.76 bits per heavy atom. The lowest BCUT2D eigenvalue weighted by molar-refractivity contribution is 0.203. The van der Waals surface area contributed by atoms with E-state index in [9.17, 15) is 4.39 Å². The lowest BCUT2D eigenvalue weighted by Gasteiger charge is -2.15. The molecule has 3 aromatic rings. The van der Waals surface area contributed by atoms with Crippen molar-refractivity contribution in [2.24, 2.45) is 16.6 Å². The molecule has 230 valence electrons. The van der Waals surface area contributed by atoms with E-state index in [2.05, 4.69) is 53.1 Å². The molecule has 1 heterocycles. The Balaban J connectivity index is 0.000000388. The number of hydrogen-bond acceptors (Lipinski definition) is 9. The third-order valence-corrected chi connectivity index (χ3v) is 6.17. The summed E-state index contributed by atoms with van der Waals surface area (Å²) in [6.07, 6.45) is 1.94. The van der Waals surface area contributed by atoms with E-state index in [0.717, 1.165) is 24.3 Å². The summed E-state index contributed by atoms with van der Waals surface area (Å²) < 4.78 is 27.4.